The quantitative estimate of drug-likeness (QED) is 0.693. The minimum Gasteiger partial charge on any atom is -0.495 e. The molecule has 30 heavy (non-hydrogen) atoms. The molecular formula is C21H28N2O5S2. The summed E-state index contributed by atoms with van der Waals surface area (Å²) in [5.41, 5.74) is 3.62. The van der Waals surface area contributed by atoms with Gasteiger partial charge in [-0.1, -0.05) is 6.92 Å². The molecule has 0 unspecified atom stereocenters. The van der Waals surface area contributed by atoms with Crippen LogP contribution in [-0.4, -0.2) is 36.2 Å². The predicted octanol–water partition coefficient (Wildman–Crippen LogP) is 3.61. The molecule has 0 bridgehead atoms. The molecule has 0 radical (unpaired) electrons. The summed E-state index contributed by atoms with van der Waals surface area (Å²) < 4.78 is 60.5. The summed E-state index contributed by atoms with van der Waals surface area (Å²) in [6.07, 6.45) is 1.93. The smallest absolute Gasteiger partial charge is 0.265 e. The highest BCUT2D eigenvalue weighted by molar-refractivity contribution is 7.93. The number of hydrogen-bond acceptors (Lipinski definition) is 5. The number of hydrogen-bond donors (Lipinski definition) is 1. The molecule has 164 valence electrons. The van der Waals surface area contributed by atoms with Gasteiger partial charge in [-0.05, 0) is 80.1 Å². The number of sulfonamides is 2. The minimum absolute atomic E-state index is 0.0676. The summed E-state index contributed by atoms with van der Waals surface area (Å²) in [4.78, 5) is 0.0676. The van der Waals surface area contributed by atoms with E-state index in [0.29, 0.717) is 37.2 Å². The van der Waals surface area contributed by atoms with Crippen LogP contribution in [0.1, 0.15) is 36.5 Å². The molecule has 0 spiro atoms. The van der Waals surface area contributed by atoms with E-state index >= 15 is 0 Å². The average Bonchev–Trinajstić information content (AvgIpc) is 2.68. The van der Waals surface area contributed by atoms with Crippen LogP contribution in [-0.2, 0) is 26.5 Å². The van der Waals surface area contributed by atoms with Gasteiger partial charge in [-0.3, -0.25) is 9.03 Å². The van der Waals surface area contributed by atoms with Crippen molar-refractivity contribution in [2.45, 2.75) is 44.9 Å². The van der Waals surface area contributed by atoms with E-state index in [2.05, 4.69) is 4.72 Å². The largest absolute Gasteiger partial charge is 0.495 e. The zero-order valence-corrected chi connectivity index (χ0v) is 19.4. The third-order valence-corrected chi connectivity index (χ3v) is 8.65. The molecule has 3 rings (SSSR count). The lowest BCUT2D eigenvalue weighted by atomic mass is 10.0. The molecule has 9 heteroatoms. The normalized spacial score (nSPS) is 14.3. The second-order valence-corrected chi connectivity index (χ2v) is 11.2. The molecule has 1 N–H and O–H groups in total. The van der Waals surface area contributed by atoms with Gasteiger partial charge < -0.3 is 4.74 Å². The van der Waals surface area contributed by atoms with Crippen LogP contribution in [0.25, 0.3) is 0 Å². The maximum absolute atomic E-state index is 13.0. The summed E-state index contributed by atoms with van der Waals surface area (Å²) in [6, 6.07) is 8.29. The highest BCUT2D eigenvalue weighted by atomic mass is 32.2. The van der Waals surface area contributed by atoms with Crippen LogP contribution in [0.4, 0.5) is 11.4 Å². The number of methoxy groups -OCH3 is 1. The van der Waals surface area contributed by atoms with Crippen LogP contribution in [0, 0.1) is 13.8 Å². The van der Waals surface area contributed by atoms with E-state index in [-0.39, 0.29) is 16.4 Å². The first-order valence-electron chi connectivity index (χ1n) is 9.90. The van der Waals surface area contributed by atoms with Gasteiger partial charge in [0.2, 0.25) is 10.0 Å². The van der Waals surface area contributed by atoms with Crippen molar-refractivity contribution in [1.29, 1.82) is 0 Å². The Morgan fingerprint density at radius 2 is 1.77 bits per heavy atom. The summed E-state index contributed by atoms with van der Waals surface area (Å²) in [6.45, 7) is 6.02. The van der Waals surface area contributed by atoms with Crippen molar-refractivity contribution in [2.24, 2.45) is 0 Å². The van der Waals surface area contributed by atoms with Crippen molar-refractivity contribution in [1.82, 2.24) is 0 Å². The number of rotatable bonds is 7. The van der Waals surface area contributed by atoms with E-state index < -0.39 is 20.0 Å². The van der Waals surface area contributed by atoms with Crippen LogP contribution in [0.3, 0.4) is 0 Å². The molecule has 2 aromatic rings. The van der Waals surface area contributed by atoms with Crippen molar-refractivity contribution in [2.75, 3.05) is 28.4 Å². The highest BCUT2D eigenvalue weighted by Crippen LogP contribution is 2.34. The van der Waals surface area contributed by atoms with Gasteiger partial charge in [-0.2, -0.15) is 0 Å². The van der Waals surface area contributed by atoms with E-state index in [1.54, 1.807) is 30.3 Å². The monoisotopic (exact) mass is 452 g/mol. The maximum Gasteiger partial charge on any atom is 0.265 e. The Hall–Kier alpha value is -2.26. The first-order valence-corrected chi connectivity index (χ1v) is 13.0. The fraction of sp³-hybridized carbons (Fsp3) is 0.429. The molecule has 7 nitrogen and oxygen atoms in total. The summed E-state index contributed by atoms with van der Waals surface area (Å²) in [5, 5.41) is 0. The molecule has 1 heterocycles. The Labute approximate surface area is 179 Å². The Balaban J connectivity index is 1.95. The second-order valence-electron chi connectivity index (χ2n) is 7.53. The zero-order valence-electron chi connectivity index (χ0n) is 17.7. The Morgan fingerprint density at radius 1 is 1.07 bits per heavy atom. The average molecular weight is 453 g/mol. The lowest BCUT2D eigenvalue weighted by Crippen LogP contribution is -2.37. The topological polar surface area (TPSA) is 92.8 Å². The molecule has 0 fully saturated rings. The highest BCUT2D eigenvalue weighted by Gasteiger charge is 2.27. The molecule has 0 amide bonds. The summed E-state index contributed by atoms with van der Waals surface area (Å²) >= 11 is 0. The molecule has 2 aromatic carbocycles. The minimum atomic E-state index is -3.88. The predicted molar refractivity (Wildman–Crippen MR) is 119 cm³/mol. The van der Waals surface area contributed by atoms with Gasteiger partial charge >= 0.3 is 0 Å². The van der Waals surface area contributed by atoms with E-state index in [1.807, 2.05) is 20.8 Å². The lowest BCUT2D eigenvalue weighted by molar-refractivity contribution is 0.402. The van der Waals surface area contributed by atoms with Gasteiger partial charge in [0.25, 0.3) is 10.0 Å². The molecule has 0 saturated carbocycles. The number of anilines is 2. The number of ether oxygens (including phenoxy) is 1. The molecule has 0 aromatic heterocycles. The Kier molecular flexibility index (Phi) is 6.33. The standard InChI is InChI=1S/C21H28N2O5S2/c1-5-11-29(24,25)23-10-6-7-17-14-18(8-9-19(17)23)22-30(26,27)21-13-16(3)15(2)12-20(21)28-4/h8-9,12-14,22H,5-7,10-11H2,1-4H3. The third kappa shape index (κ3) is 4.41. The van der Waals surface area contributed by atoms with Gasteiger partial charge in [0.15, 0.2) is 0 Å². The summed E-state index contributed by atoms with van der Waals surface area (Å²) in [5.74, 6) is 0.369. The van der Waals surface area contributed by atoms with Gasteiger partial charge in [0.05, 0.1) is 18.6 Å². The van der Waals surface area contributed by atoms with Crippen molar-refractivity contribution < 1.29 is 21.6 Å². The fourth-order valence-electron chi connectivity index (χ4n) is 3.63. The number of fused-ring (bicyclic) bond motifs is 1. The molecule has 0 saturated heterocycles. The number of benzene rings is 2. The van der Waals surface area contributed by atoms with Crippen molar-refractivity contribution in [3.8, 4) is 5.75 Å². The van der Waals surface area contributed by atoms with Crippen LogP contribution < -0.4 is 13.8 Å². The number of nitrogens with zero attached hydrogens (tertiary/aromatic N) is 1. The first kappa shape index (κ1) is 22.4. The molecule has 1 aliphatic rings. The maximum atomic E-state index is 13.0. The zero-order chi connectivity index (χ0) is 22.1. The van der Waals surface area contributed by atoms with Crippen LogP contribution >= 0.6 is 0 Å². The van der Waals surface area contributed by atoms with Crippen molar-refractivity contribution >= 4 is 31.4 Å². The molecular weight excluding hydrogens is 424 g/mol. The first-order chi connectivity index (χ1) is 14.1. The molecule has 0 atom stereocenters. The number of aryl methyl sites for hydroxylation is 3. The fourth-order valence-corrected chi connectivity index (χ4v) is 6.53. The number of nitrogens with one attached hydrogen (secondary N) is 1. The lowest BCUT2D eigenvalue weighted by Gasteiger charge is -2.30. The van der Waals surface area contributed by atoms with Gasteiger partial charge in [0.1, 0.15) is 10.6 Å². The van der Waals surface area contributed by atoms with E-state index in [0.717, 1.165) is 16.7 Å². The van der Waals surface area contributed by atoms with Gasteiger partial charge in [-0.15, -0.1) is 0 Å². The van der Waals surface area contributed by atoms with Gasteiger partial charge in [0, 0.05) is 12.2 Å². The second kappa shape index (κ2) is 8.47. The summed E-state index contributed by atoms with van der Waals surface area (Å²) in [7, 11) is -5.82. The van der Waals surface area contributed by atoms with Crippen LogP contribution in [0.15, 0.2) is 35.2 Å². The molecule has 0 aliphatic carbocycles. The van der Waals surface area contributed by atoms with E-state index in [1.165, 1.54) is 11.4 Å². The van der Waals surface area contributed by atoms with Crippen LogP contribution in [0.2, 0.25) is 0 Å². The van der Waals surface area contributed by atoms with E-state index in [4.69, 9.17) is 4.74 Å². The Morgan fingerprint density at radius 3 is 2.43 bits per heavy atom. The van der Waals surface area contributed by atoms with Gasteiger partial charge in [-0.25, -0.2) is 16.8 Å². The third-order valence-electron chi connectivity index (χ3n) is 5.28. The van der Waals surface area contributed by atoms with Crippen LogP contribution in [0.5, 0.6) is 5.75 Å². The van der Waals surface area contributed by atoms with Crippen molar-refractivity contribution in [3.63, 3.8) is 0 Å². The van der Waals surface area contributed by atoms with E-state index in [9.17, 15) is 16.8 Å². The Bertz CT molecular complexity index is 1160. The SMILES string of the molecule is CCCS(=O)(=O)N1CCCc2cc(NS(=O)(=O)c3cc(C)c(C)cc3OC)ccc21. The van der Waals surface area contributed by atoms with Crippen molar-refractivity contribution in [3.05, 3.63) is 47.0 Å². The molecule has 1 aliphatic heterocycles.